The van der Waals surface area contributed by atoms with Crippen LogP contribution in [0.15, 0.2) is 18.5 Å². The third-order valence-corrected chi connectivity index (χ3v) is 4.04. The van der Waals surface area contributed by atoms with Gasteiger partial charge in [-0.05, 0) is 24.5 Å². The normalized spacial score (nSPS) is 26.6. The maximum absolute atomic E-state index is 11.8. The average molecular weight is 237 g/mol. The number of carbonyl (C=O) groups excluding carboxylic acids is 1. The summed E-state index contributed by atoms with van der Waals surface area (Å²) in [7, 11) is 0. The van der Waals surface area contributed by atoms with E-state index in [4.69, 9.17) is 11.6 Å². The molecule has 1 aliphatic heterocycles. The monoisotopic (exact) mass is 236 g/mol. The summed E-state index contributed by atoms with van der Waals surface area (Å²) < 4.78 is 0. The fourth-order valence-corrected chi connectivity index (χ4v) is 3.16. The second-order valence-corrected chi connectivity index (χ2v) is 5.14. The lowest BCUT2D eigenvalue weighted by Crippen LogP contribution is -2.59. The Morgan fingerprint density at radius 1 is 1.38 bits per heavy atom. The van der Waals surface area contributed by atoms with E-state index in [1.54, 1.807) is 12.4 Å². The zero-order valence-corrected chi connectivity index (χ0v) is 9.63. The predicted molar refractivity (Wildman–Crippen MR) is 61.0 cm³/mol. The molecule has 2 aliphatic rings. The molecule has 1 aromatic rings. The molecule has 84 valence electrons. The zero-order chi connectivity index (χ0) is 11.2. The molecule has 1 aromatic heterocycles. The van der Waals surface area contributed by atoms with Crippen LogP contribution >= 0.6 is 11.6 Å². The van der Waals surface area contributed by atoms with Crippen molar-refractivity contribution in [1.82, 2.24) is 10.3 Å². The largest absolute Gasteiger partial charge is 0.348 e. The van der Waals surface area contributed by atoms with Crippen molar-refractivity contribution in [2.24, 2.45) is 5.41 Å². The van der Waals surface area contributed by atoms with E-state index in [0.717, 1.165) is 31.2 Å². The molecule has 16 heavy (non-hydrogen) atoms. The topological polar surface area (TPSA) is 42.0 Å². The minimum Gasteiger partial charge on any atom is -0.348 e. The number of aromatic nitrogens is 1. The highest BCUT2D eigenvalue weighted by Gasteiger charge is 2.56. The molecule has 1 atom stereocenters. The van der Waals surface area contributed by atoms with Crippen LogP contribution in [0.2, 0.25) is 5.02 Å². The Bertz CT molecular complexity index is 440. The third kappa shape index (κ3) is 1.27. The molecule has 1 saturated heterocycles. The van der Waals surface area contributed by atoms with Crippen molar-refractivity contribution in [1.29, 1.82) is 0 Å². The maximum atomic E-state index is 11.8. The second kappa shape index (κ2) is 3.45. The Kier molecular flexibility index (Phi) is 2.18. The van der Waals surface area contributed by atoms with E-state index in [2.05, 4.69) is 10.3 Å². The van der Waals surface area contributed by atoms with Crippen LogP contribution in [0, 0.1) is 5.41 Å². The van der Waals surface area contributed by atoms with Crippen molar-refractivity contribution < 1.29 is 4.79 Å². The summed E-state index contributed by atoms with van der Waals surface area (Å²) >= 11 is 5.93. The van der Waals surface area contributed by atoms with E-state index < -0.39 is 0 Å². The number of nitrogens with zero attached hydrogens (tertiary/aromatic N) is 1. The van der Waals surface area contributed by atoms with Gasteiger partial charge in [0, 0.05) is 12.4 Å². The summed E-state index contributed by atoms with van der Waals surface area (Å²) in [6, 6.07) is 2.02. The highest BCUT2D eigenvalue weighted by Crippen LogP contribution is 2.53. The molecule has 1 aliphatic carbocycles. The molecule has 2 heterocycles. The Hall–Kier alpha value is -1.09. The van der Waals surface area contributed by atoms with E-state index >= 15 is 0 Å². The van der Waals surface area contributed by atoms with Gasteiger partial charge < -0.3 is 5.32 Å². The Labute approximate surface area is 99.2 Å². The van der Waals surface area contributed by atoms with Gasteiger partial charge in [-0.25, -0.2) is 0 Å². The van der Waals surface area contributed by atoms with E-state index in [1.807, 2.05) is 6.07 Å². The number of halogens is 1. The Morgan fingerprint density at radius 3 is 2.75 bits per heavy atom. The van der Waals surface area contributed by atoms with Crippen LogP contribution in [0.25, 0.3) is 0 Å². The number of hydrogen-bond donors (Lipinski definition) is 1. The summed E-state index contributed by atoms with van der Waals surface area (Å²) in [5.41, 5.74) is 0.876. The number of β-lactam (4-membered cyclic amide) rings is 1. The minimum absolute atomic E-state index is 0.119. The van der Waals surface area contributed by atoms with Crippen LogP contribution in [0.1, 0.15) is 37.3 Å². The lowest BCUT2D eigenvalue weighted by atomic mass is 9.69. The lowest BCUT2D eigenvalue weighted by molar-refractivity contribution is -0.145. The van der Waals surface area contributed by atoms with Gasteiger partial charge in [0.05, 0.1) is 16.5 Å². The van der Waals surface area contributed by atoms with Crippen LogP contribution in [-0.2, 0) is 4.79 Å². The molecular weight excluding hydrogens is 224 g/mol. The SMILES string of the molecule is O=C1NC(c2cncc(Cl)c2)C12CCCC2. The van der Waals surface area contributed by atoms with Crippen molar-refractivity contribution in [2.45, 2.75) is 31.7 Å². The van der Waals surface area contributed by atoms with Crippen molar-refractivity contribution in [3.63, 3.8) is 0 Å². The van der Waals surface area contributed by atoms with Gasteiger partial charge in [0.15, 0.2) is 0 Å². The van der Waals surface area contributed by atoms with Crippen LogP contribution in [0.3, 0.4) is 0 Å². The fourth-order valence-electron chi connectivity index (χ4n) is 2.98. The smallest absolute Gasteiger partial charge is 0.229 e. The molecule has 1 unspecified atom stereocenters. The molecule has 0 aromatic carbocycles. The van der Waals surface area contributed by atoms with Gasteiger partial charge in [0.1, 0.15) is 0 Å². The van der Waals surface area contributed by atoms with E-state index in [1.165, 1.54) is 0 Å². The highest BCUT2D eigenvalue weighted by molar-refractivity contribution is 6.30. The van der Waals surface area contributed by atoms with Crippen molar-refractivity contribution >= 4 is 17.5 Å². The number of hydrogen-bond acceptors (Lipinski definition) is 2. The van der Waals surface area contributed by atoms with Gasteiger partial charge in [0.25, 0.3) is 0 Å². The van der Waals surface area contributed by atoms with Gasteiger partial charge >= 0.3 is 0 Å². The summed E-state index contributed by atoms with van der Waals surface area (Å²) in [4.78, 5) is 15.8. The number of amides is 1. The zero-order valence-electron chi connectivity index (χ0n) is 8.87. The second-order valence-electron chi connectivity index (χ2n) is 4.71. The molecule has 3 nitrogen and oxygen atoms in total. The first kappa shape index (κ1) is 10.1. The molecule has 1 N–H and O–H groups in total. The van der Waals surface area contributed by atoms with Crippen molar-refractivity contribution in [3.05, 3.63) is 29.0 Å². The summed E-state index contributed by atoms with van der Waals surface area (Å²) in [5, 5.41) is 3.61. The quantitative estimate of drug-likeness (QED) is 0.762. The minimum atomic E-state index is -0.160. The number of rotatable bonds is 1. The predicted octanol–water partition coefficient (Wildman–Crippen LogP) is 2.47. The standard InChI is InChI=1S/C12H13ClN2O/c13-9-5-8(6-14-7-9)10-12(11(16)15-10)3-1-2-4-12/h5-7,10H,1-4H2,(H,15,16). The first-order chi connectivity index (χ1) is 7.72. The van der Waals surface area contributed by atoms with E-state index in [0.29, 0.717) is 5.02 Å². The van der Waals surface area contributed by atoms with Crippen LogP contribution < -0.4 is 5.32 Å². The number of pyridine rings is 1. The summed E-state index contributed by atoms with van der Waals surface area (Å²) in [6.07, 6.45) is 7.71. The van der Waals surface area contributed by atoms with Gasteiger partial charge in [-0.3, -0.25) is 9.78 Å². The molecule has 4 heteroatoms. The average Bonchev–Trinajstić information content (AvgIpc) is 2.77. The first-order valence-electron chi connectivity index (χ1n) is 5.64. The molecule has 0 bridgehead atoms. The molecule has 0 radical (unpaired) electrons. The molecular formula is C12H13ClN2O. The fraction of sp³-hybridized carbons (Fsp3) is 0.500. The van der Waals surface area contributed by atoms with Gasteiger partial charge in [-0.1, -0.05) is 24.4 Å². The van der Waals surface area contributed by atoms with Crippen molar-refractivity contribution in [3.8, 4) is 0 Å². The van der Waals surface area contributed by atoms with Gasteiger partial charge in [0.2, 0.25) is 5.91 Å². The molecule has 2 fully saturated rings. The Balaban J connectivity index is 1.94. The third-order valence-electron chi connectivity index (χ3n) is 3.84. The summed E-state index contributed by atoms with van der Waals surface area (Å²) in [6.45, 7) is 0. The maximum Gasteiger partial charge on any atom is 0.229 e. The first-order valence-corrected chi connectivity index (χ1v) is 6.02. The molecule has 1 saturated carbocycles. The van der Waals surface area contributed by atoms with Crippen LogP contribution in [0.4, 0.5) is 0 Å². The van der Waals surface area contributed by atoms with E-state index in [9.17, 15) is 4.79 Å². The highest BCUT2D eigenvalue weighted by atomic mass is 35.5. The van der Waals surface area contributed by atoms with Crippen molar-refractivity contribution in [2.75, 3.05) is 0 Å². The van der Waals surface area contributed by atoms with Crippen LogP contribution in [0.5, 0.6) is 0 Å². The number of nitrogens with one attached hydrogen (secondary N) is 1. The van der Waals surface area contributed by atoms with Crippen LogP contribution in [-0.4, -0.2) is 10.9 Å². The summed E-state index contributed by atoms with van der Waals surface area (Å²) in [5.74, 6) is 0.204. The van der Waals surface area contributed by atoms with Gasteiger partial charge in [-0.2, -0.15) is 0 Å². The molecule has 1 spiro atoms. The molecule has 1 amide bonds. The number of carbonyl (C=O) groups is 1. The van der Waals surface area contributed by atoms with E-state index in [-0.39, 0.29) is 17.4 Å². The lowest BCUT2D eigenvalue weighted by Gasteiger charge is -2.46. The molecule has 3 rings (SSSR count). The Morgan fingerprint density at radius 2 is 2.12 bits per heavy atom. The van der Waals surface area contributed by atoms with Gasteiger partial charge in [-0.15, -0.1) is 0 Å².